The van der Waals surface area contributed by atoms with Crippen LogP contribution in [0.3, 0.4) is 0 Å². The number of hydrogen-bond donors (Lipinski definition) is 3. The molecule has 0 aliphatic carbocycles. The van der Waals surface area contributed by atoms with Gasteiger partial charge < -0.3 is 16.0 Å². The second kappa shape index (κ2) is 10.0. The number of carbonyl (C=O) groups is 2. The third-order valence-corrected chi connectivity index (χ3v) is 6.05. The van der Waals surface area contributed by atoms with E-state index < -0.39 is 0 Å². The van der Waals surface area contributed by atoms with Crippen LogP contribution in [0.5, 0.6) is 0 Å². The van der Waals surface area contributed by atoms with E-state index in [-0.39, 0.29) is 24.0 Å². The van der Waals surface area contributed by atoms with E-state index in [9.17, 15) is 9.59 Å². The average Bonchev–Trinajstić information content (AvgIpc) is 3.47. The normalized spacial score (nSPS) is 11.2. The first-order valence-electron chi connectivity index (χ1n) is 11.2. The lowest BCUT2D eigenvalue weighted by molar-refractivity contribution is 0.0952. The number of pyridine rings is 1. The van der Waals surface area contributed by atoms with Crippen molar-refractivity contribution in [2.24, 2.45) is 0 Å². The Balaban J connectivity index is 1.52. The summed E-state index contributed by atoms with van der Waals surface area (Å²) in [4.78, 5) is 30.9. The molecule has 3 heterocycles. The van der Waals surface area contributed by atoms with Gasteiger partial charge in [0.2, 0.25) is 0 Å². The quantitative estimate of drug-likeness (QED) is 0.341. The molecule has 9 heteroatoms. The van der Waals surface area contributed by atoms with Gasteiger partial charge in [0.15, 0.2) is 5.65 Å². The molecule has 8 nitrogen and oxygen atoms in total. The van der Waals surface area contributed by atoms with E-state index in [2.05, 4.69) is 21.0 Å². The summed E-state index contributed by atoms with van der Waals surface area (Å²) < 4.78 is 1.84. The van der Waals surface area contributed by atoms with Gasteiger partial charge in [0.1, 0.15) is 0 Å². The molecule has 1 aromatic carbocycles. The number of rotatable bonds is 7. The van der Waals surface area contributed by atoms with E-state index in [4.69, 9.17) is 4.98 Å². The summed E-state index contributed by atoms with van der Waals surface area (Å²) in [7, 11) is 0. The Morgan fingerprint density at radius 2 is 1.85 bits per heavy atom. The molecular weight excluding hydrogens is 448 g/mol. The molecular formula is C25H28N6O2S. The minimum absolute atomic E-state index is 0.0575. The molecule has 176 valence electrons. The van der Waals surface area contributed by atoms with Crippen LogP contribution >= 0.6 is 11.3 Å². The van der Waals surface area contributed by atoms with Crippen molar-refractivity contribution in [3.63, 3.8) is 0 Å². The summed E-state index contributed by atoms with van der Waals surface area (Å²) >= 11 is 1.58. The van der Waals surface area contributed by atoms with Crippen LogP contribution in [0.25, 0.3) is 21.6 Å². The maximum atomic E-state index is 13.2. The number of fused-ring (bicyclic) bond motifs is 1. The average molecular weight is 477 g/mol. The predicted octanol–water partition coefficient (Wildman–Crippen LogP) is 5.20. The highest BCUT2D eigenvalue weighted by Gasteiger charge is 2.19. The minimum Gasteiger partial charge on any atom is -0.348 e. The van der Waals surface area contributed by atoms with Crippen molar-refractivity contribution < 1.29 is 9.59 Å². The van der Waals surface area contributed by atoms with Crippen molar-refractivity contribution in [1.82, 2.24) is 25.4 Å². The largest absolute Gasteiger partial charge is 0.348 e. The van der Waals surface area contributed by atoms with Gasteiger partial charge in [-0.25, -0.2) is 14.5 Å². The Kier molecular flexibility index (Phi) is 6.93. The third-order valence-electron chi connectivity index (χ3n) is 5.16. The molecule has 0 atom stereocenters. The van der Waals surface area contributed by atoms with Gasteiger partial charge in [0.25, 0.3) is 5.91 Å². The summed E-state index contributed by atoms with van der Waals surface area (Å²) in [5.74, 6) is -0.188. The highest BCUT2D eigenvalue weighted by atomic mass is 32.1. The first kappa shape index (κ1) is 23.4. The SMILES string of the molecule is CC(C)NC(=O)Nc1ccc(CNC(=O)c2cc(-c3cccs3)nc3c2cnn3C(C)C)cc1. The smallest absolute Gasteiger partial charge is 0.319 e. The van der Waals surface area contributed by atoms with Gasteiger partial charge in [-0.1, -0.05) is 18.2 Å². The molecule has 0 fully saturated rings. The molecule has 4 rings (SSSR count). The monoisotopic (exact) mass is 476 g/mol. The van der Waals surface area contributed by atoms with Crippen molar-refractivity contribution >= 4 is 40.0 Å². The minimum atomic E-state index is -0.249. The molecule has 0 unspecified atom stereocenters. The summed E-state index contributed by atoms with van der Waals surface area (Å²) in [6, 6.07) is 13.1. The van der Waals surface area contributed by atoms with E-state index >= 15 is 0 Å². The van der Waals surface area contributed by atoms with Crippen LogP contribution in [-0.2, 0) is 6.54 Å². The number of urea groups is 1. The molecule has 3 N–H and O–H groups in total. The molecule has 0 saturated heterocycles. The molecule has 3 amide bonds. The van der Waals surface area contributed by atoms with Crippen LogP contribution in [0.4, 0.5) is 10.5 Å². The fourth-order valence-electron chi connectivity index (χ4n) is 3.55. The predicted molar refractivity (Wildman–Crippen MR) is 136 cm³/mol. The lowest BCUT2D eigenvalue weighted by atomic mass is 10.1. The topological polar surface area (TPSA) is 101 Å². The zero-order chi connectivity index (χ0) is 24.2. The Hall–Kier alpha value is -3.72. The molecule has 0 radical (unpaired) electrons. The fourth-order valence-corrected chi connectivity index (χ4v) is 4.23. The van der Waals surface area contributed by atoms with Gasteiger partial charge in [0, 0.05) is 24.3 Å². The molecule has 0 saturated carbocycles. The molecule has 4 aromatic rings. The van der Waals surface area contributed by atoms with E-state index in [1.807, 2.05) is 80.2 Å². The lowest BCUT2D eigenvalue weighted by Crippen LogP contribution is -2.34. The van der Waals surface area contributed by atoms with Crippen LogP contribution in [0.2, 0.25) is 0 Å². The summed E-state index contributed by atoms with van der Waals surface area (Å²) in [6.07, 6.45) is 1.71. The Labute approximate surface area is 202 Å². The fraction of sp³-hybridized carbons (Fsp3) is 0.280. The second-order valence-corrected chi connectivity index (χ2v) is 9.53. The highest BCUT2D eigenvalue weighted by Crippen LogP contribution is 2.29. The second-order valence-electron chi connectivity index (χ2n) is 8.59. The summed E-state index contributed by atoms with van der Waals surface area (Å²) in [5, 5.41) is 15.8. The van der Waals surface area contributed by atoms with Crippen molar-refractivity contribution in [1.29, 1.82) is 0 Å². The van der Waals surface area contributed by atoms with Gasteiger partial charge in [0.05, 0.1) is 27.7 Å². The van der Waals surface area contributed by atoms with Crippen LogP contribution in [-0.4, -0.2) is 32.7 Å². The Morgan fingerprint density at radius 1 is 1.09 bits per heavy atom. The van der Waals surface area contributed by atoms with Crippen molar-refractivity contribution in [2.45, 2.75) is 46.3 Å². The van der Waals surface area contributed by atoms with Crippen LogP contribution in [0, 0.1) is 0 Å². The number of anilines is 1. The zero-order valence-corrected chi connectivity index (χ0v) is 20.4. The molecule has 0 aliphatic heterocycles. The van der Waals surface area contributed by atoms with Gasteiger partial charge in [-0.15, -0.1) is 11.3 Å². The van der Waals surface area contributed by atoms with E-state index in [1.54, 1.807) is 17.5 Å². The van der Waals surface area contributed by atoms with Crippen LogP contribution in [0.1, 0.15) is 49.7 Å². The highest BCUT2D eigenvalue weighted by molar-refractivity contribution is 7.13. The van der Waals surface area contributed by atoms with Gasteiger partial charge in [-0.2, -0.15) is 5.10 Å². The number of nitrogens with one attached hydrogen (secondary N) is 3. The van der Waals surface area contributed by atoms with Crippen LogP contribution < -0.4 is 16.0 Å². The molecule has 0 spiro atoms. The summed E-state index contributed by atoms with van der Waals surface area (Å²) in [6.45, 7) is 8.24. The lowest BCUT2D eigenvalue weighted by Gasteiger charge is -2.12. The number of hydrogen-bond acceptors (Lipinski definition) is 5. The van der Waals surface area contributed by atoms with Crippen LogP contribution in [0.15, 0.2) is 54.0 Å². The Bertz CT molecular complexity index is 1290. The first-order chi connectivity index (χ1) is 16.3. The van der Waals surface area contributed by atoms with Crippen molar-refractivity contribution in [3.8, 4) is 10.6 Å². The maximum Gasteiger partial charge on any atom is 0.319 e. The van der Waals surface area contributed by atoms with Gasteiger partial charge in [-0.3, -0.25) is 4.79 Å². The van der Waals surface area contributed by atoms with Crippen molar-refractivity contribution in [2.75, 3.05) is 5.32 Å². The number of thiophene rings is 1. The van der Waals surface area contributed by atoms with E-state index in [1.165, 1.54) is 0 Å². The first-order valence-corrected chi connectivity index (χ1v) is 12.1. The van der Waals surface area contributed by atoms with Gasteiger partial charge >= 0.3 is 6.03 Å². The maximum absolute atomic E-state index is 13.2. The Morgan fingerprint density at radius 3 is 2.50 bits per heavy atom. The number of benzene rings is 1. The molecule has 0 aliphatic rings. The molecule has 0 bridgehead atoms. The number of carbonyl (C=O) groups excluding carboxylic acids is 2. The third kappa shape index (κ3) is 5.26. The molecule has 3 aromatic heterocycles. The van der Waals surface area contributed by atoms with Gasteiger partial charge in [-0.05, 0) is 62.9 Å². The van der Waals surface area contributed by atoms with E-state index in [0.717, 1.165) is 21.5 Å². The molecule has 34 heavy (non-hydrogen) atoms. The van der Waals surface area contributed by atoms with Crippen molar-refractivity contribution in [3.05, 3.63) is 65.2 Å². The van der Waals surface area contributed by atoms with E-state index in [0.29, 0.717) is 23.4 Å². The number of aromatic nitrogens is 3. The number of amides is 3. The summed E-state index contributed by atoms with van der Waals surface area (Å²) in [5.41, 5.74) is 3.60. The zero-order valence-electron chi connectivity index (χ0n) is 19.6. The number of nitrogens with zero attached hydrogens (tertiary/aromatic N) is 3. The standard InChI is InChI=1S/C25H28N6O2S/c1-15(2)28-25(33)29-18-9-7-17(8-10-18)13-26-24(32)19-12-21(22-6-5-11-34-22)30-23-20(19)14-27-31(23)16(3)4/h5-12,14-16H,13H2,1-4H3,(H,26,32)(H2,28,29,33).